The Morgan fingerprint density at radius 1 is 1.19 bits per heavy atom. The molecule has 0 radical (unpaired) electrons. The third kappa shape index (κ3) is 3.00. The second kappa shape index (κ2) is 6.78. The number of hydrogen-bond acceptors (Lipinski definition) is 4. The predicted octanol–water partition coefficient (Wildman–Crippen LogP) is 3.38. The summed E-state index contributed by atoms with van der Waals surface area (Å²) in [6.07, 6.45) is 2.92. The SMILES string of the molecule is Cc1cccc(N2CCN(C(=O)c3noc4c3C[C@@H](C)CC4)CC2)c1C. The van der Waals surface area contributed by atoms with Crippen LogP contribution in [0.1, 0.15) is 46.3 Å². The van der Waals surface area contributed by atoms with Crippen LogP contribution in [0.25, 0.3) is 0 Å². The molecule has 0 unspecified atom stereocenters. The van der Waals surface area contributed by atoms with Gasteiger partial charge >= 0.3 is 0 Å². The van der Waals surface area contributed by atoms with Crippen molar-refractivity contribution in [1.82, 2.24) is 10.1 Å². The summed E-state index contributed by atoms with van der Waals surface area (Å²) in [7, 11) is 0. The van der Waals surface area contributed by atoms with Gasteiger partial charge in [0.05, 0.1) is 0 Å². The molecule has 1 saturated heterocycles. The maximum atomic E-state index is 13.0. The Labute approximate surface area is 155 Å². The molecule has 138 valence electrons. The molecule has 26 heavy (non-hydrogen) atoms. The number of fused-ring (bicyclic) bond motifs is 1. The molecular weight excluding hydrogens is 326 g/mol. The van der Waals surface area contributed by atoms with Crippen molar-refractivity contribution >= 4 is 11.6 Å². The number of anilines is 1. The first-order valence-corrected chi connectivity index (χ1v) is 9.62. The molecule has 0 saturated carbocycles. The van der Waals surface area contributed by atoms with Gasteiger partial charge < -0.3 is 14.3 Å². The van der Waals surface area contributed by atoms with Gasteiger partial charge in [-0.05, 0) is 49.8 Å². The zero-order valence-electron chi connectivity index (χ0n) is 15.9. The summed E-state index contributed by atoms with van der Waals surface area (Å²) in [6.45, 7) is 9.71. The highest BCUT2D eigenvalue weighted by molar-refractivity contribution is 5.94. The molecule has 1 fully saturated rings. The van der Waals surface area contributed by atoms with Crippen molar-refractivity contribution in [3.8, 4) is 0 Å². The summed E-state index contributed by atoms with van der Waals surface area (Å²) >= 11 is 0. The summed E-state index contributed by atoms with van der Waals surface area (Å²) in [4.78, 5) is 17.3. The molecule has 0 bridgehead atoms. The highest BCUT2D eigenvalue weighted by Gasteiger charge is 2.31. The Hall–Kier alpha value is -2.30. The van der Waals surface area contributed by atoms with Gasteiger partial charge in [0, 0.05) is 43.9 Å². The standard InChI is InChI=1S/C21H27N3O2/c1-14-7-8-19-17(13-14)20(22-26-19)21(25)24-11-9-23(10-12-24)18-6-4-5-15(2)16(18)3/h4-6,14H,7-13H2,1-3H3/t14-/m0/s1. The number of aryl methyl sites for hydroxylation is 2. The fourth-order valence-corrected chi connectivity index (χ4v) is 4.12. The van der Waals surface area contributed by atoms with Crippen molar-refractivity contribution in [1.29, 1.82) is 0 Å². The normalized spacial score (nSPS) is 20.2. The van der Waals surface area contributed by atoms with Crippen LogP contribution in [0.5, 0.6) is 0 Å². The Kier molecular flexibility index (Phi) is 4.47. The van der Waals surface area contributed by atoms with Gasteiger partial charge in [0.15, 0.2) is 5.69 Å². The Bertz CT molecular complexity index is 819. The lowest BCUT2D eigenvalue weighted by atomic mass is 9.88. The molecule has 2 aromatic rings. The van der Waals surface area contributed by atoms with Crippen LogP contribution in [-0.4, -0.2) is 42.1 Å². The first-order valence-electron chi connectivity index (χ1n) is 9.62. The smallest absolute Gasteiger partial charge is 0.276 e. The fourth-order valence-electron chi connectivity index (χ4n) is 4.12. The fraction of sp³-hybridized carbons (Fsp3) is 0.524. The van der Waals surface area contributed by atoms with Crippen LogP contribution in [0.3, 0.4) is 0 Å². The van der Waals surface area contributed by atoms with Crippen molar-refractivity contribution in [2.24, 2.45) is 5.92 Å². The lowest BCUT2D eigenvalue weighted by molar-refractivity contribution is 0.0735. The van der Waals surface area contributed by atoms with Gasteiger partial charge in [0.2, 0.25) is 0 Å². The van der Waals surface area contributed by atoms with E-state index in [1.165, 1.54) is 16.8 Å². The van der Waals surface area contributed by atoms with E-state index in [2.05, 4.69) is 49.0 Å². The van der Waals surface area contributed by atoms with Crippen molar-refractivity contribution in [2.45, 2.75) is 40.0 Å². The summed E-state index contributed by atoms with van der Waals surface area (Å²) in [5.74, 6) is 1.54. The maximum absolute atomic E-state index is 13.0. The molecule has 2 aliphatic rings. The topological polar surface area (TPSA) is 49.6 Å². The molecule has 0 spiro atoms. The summed E-state index contributed by atoms with van der Waals surface area (Å²) in [6, 6.07) is 6.43. The van der Waals surface area contributed by atoms with Gasteiger partial charge in [-0.25, -0.2) is 0 Å². The molecule has 5 heteroatoms. The summed E-state index contributed by atoms with van der Waals surface area (Å²) < 4.78 is 5.46. The van der Waals surface area contributed by atoms with E-state index in [1.807, 2.05) is 4.90 Å². The lowest BCUT2D eigenvalue weighted by Crippen LogP contribution is -2.49. The van der Waals surface area contributed by atoms with Crippen molar-refractivity contribution in [2.75, 3.05) is 31.1 Å². The second-order valence-corrected chi connectivity index (χ2v) is 7.78. The van der Waals surface area contributed by atoms with Crippen LogP contribution in [0.2, 0.25) is 0 Å². The molecule has 1 amide bonds. The van der Waals surface area contributed by atoms with Gasteiger partial charge in [-0.2, -0.15) is 0 Å². The quantitative estimate of drug-likeness (QED) is 0.830. The molecule has 4 rings (SSSR count). The van der Waals surface area contributed by atoms with Crippen LogP contribution in [0.15, 0.2) is 22.7 Å². The third-order valence-electron chi connectivity index (χ3n) is 5.97. The van der Waals surface area contributed by atoms with Crippen molar-refractivity contribution < 1.29 is 9.32 Å². The largest absolute Gasteiger partial charge is 0.368 e. The average molecular weight is 353 g/mol. The Morgan fingerprint density at radius 3 is 2.73 bits per heavy atom. The number of carbonyl (C=O) groups excluding carboxylic acids is 1. The minimum Gasteiger partial charge on any atom is -0.368 e. The number of hydrogen-bond donors (Lipinski definition) is 0. The second-order valence-electron chi connectivity index (χ2n) is 7.78. The Morgan fingerprint density at radius 2 is 1.96 bits per heavy atom. The van der Waals surface area contributed by atoms with Gasteiger partial charge in [0.1, 0.15) is 5.76 Å². The summed E-state index contributed by atoms with van der Waals surface area (Å²) in [5.41, 5.74) is 5.51. The van der Waals surface area contributed by atoms with Gasteiger partial charge in [-0.1, -0.05) is 24.2 Å². The number of rotatable bonds is 2. The van der Waals surface area contributed by atoms with Crippen molar-refractivity contribution in [3.63, 3.8) is 0 Å². The zero-order valence-corrected chi connectivity index (χ0v) is 15.9. The van der Waals surface area contributed by atoms with E-state index in [9.17, 15) is 4.79 Å². The lowest BCUT2D eigenvalue weighted by Gasteiger charge is -2.37. The van der Waals surface area contributed by atoms with E-state index in [0.717, 1.165) is 56.8 Å². The number of benzene rings is 1. The van der Waals surface area contributed by atoms with Gasteiger partial charge in [-0.15, -0.1) is 0 Å². The molecule has 1 aliphatic heterocycles. The number of piperazine rings is 1. The van der Waals surface area contributed by atoms with Crippen LogP contribution < -0.4 is 4.90 Å². The first-order chi connectivity index (χ1) is 12.5. The van der Waals surface area contributed by atoms with Gasteiger partial charge in [-0.3, -0.25) is 4.79 Å². The highest BCUT2D eigenvalue weighted by Crippen LogP contribution is 2.29. The molecular formula is C21H27N3O2. The molecule has 1 atom stereocenters. The minimum absolute atomic E-state index is 0.0321. The predicted molar refractivity (Wildman–Crippen MR) is 102 cm³/mol. The maximum Gasteiger partial charge on any atom is 0.276 e. The minimum atomic E-state index is 0.0321. The van der Waals surface area contributed by atoms with E-state index in [-0.39, 0.29) is 5.91 Å². The molecule has 1 aromatic heterocycles. The molecule has 2 heterocycles. The highest BCUT2D eigenvalue weighted by atomic mass is 16.5. The van der Waals surface area contributed by atoms with Crippen LogP contribution in [0.4, 0.5) is 5.69 Å². The van der Waals surface area contributed by atoms with Crippen LogP contribution in [-0.2, 0) is 12.8 Å². The van der Waals surface area contributed by atoms with E-state index in [4.69, 9.17) is 4.52 Å². The van der Waals surface area contributed by atoms with E-state index < -0.39 is 0 Å². The average Bonchev–Trinajstić information content (AvgIpc) is 3.06. The van der Waals surface area contributed by atoms with Crippen molar-refractivity contribution in [3.05, 3.63) is 46.3 Å². The molecule has 0 N–H and O–H groups in total. The molecule has 5 nitrogen and oxygen atoms in total. The third-order valence-corrected chi connectivity index (χ3v) is 5.97. The van der Waals surface area contributed by atoms with Gasteiger partial charge in [0.25, 0.3) is 5.91 Å². The molecule has 1 aromatic carbocycles. The van der Waals surface area contributed by atoms with Crippen LogP contribution in [0, 0.1) is 19.8 Å². The molecule has 1 aliphatic carbocycles. The van der Waals surface area contributed by atoms with Crippen LogP contribution >= 0.6 is 0 Å². The monoisotopic (exact) mass is 353 g/mol. The summed E-state index contributed by atoms with van der Waals surface area (Å²) in [5, 5.41) is 4.13. The Balaban J connectivity index is 1.46. The number of aromatic nitrogens is 1. The first kappa shape index (κ1) is 17.1. The zero-order chi connectivity index (χ0) is 18.3. The number of carbonyl (C=O) groups is 1. The van der Waals surface area contributed by atoms with E-state index >= 15 is 0 Å². The number of amides is 1. The van der Waals surface area contributed by atoms with E-state index in [0.29, 0.717) is 11.6 Å². The number of nitrogens with zero attached hydrogens (tertiary/aromatic N) is 3. The van der Waals surface area contributed by atoms with E-state index in [1.54, 1.807) is 0 Å².